The third-order valence-electron chi connectivity index (χ3n) is 4.47. The summed E-state index contributed by atoms with van der Waals surface area (Å²) in [7, 11) is 0. The Morgan fingerprint density at radius 3 is 2.48 bits per heavy atom. The van der Waals surface area contributed by atoms with Crippen molar-refractivity contribution in [2.75, 3.05) is 0 Å². The summed E-state index contributed by atoms with van der Waals surface area (Å²) in [4.78, 5) is 37.3. The molecule has 5 nitrogen and oxygen atoms in total. The number of amides is 2. The second-order valence-corrected chi connectivity index (χ2v) is 6.61. The van der Waals surface area contributed by atoms with Gasteiger partial charge in [0.2, 0.25) is 0 Å². The third-order valence-corrected chi connectivity index (χ3v) is 4.47. The van der Waals surface area contributed by atoms with Gasteiger partial charge in [-0.25, -0.2) is 4.79 Å². The van der Waals surface area contributed by atoms with Gasteiger partial charge in [-0.1, -0.05) is 13.8 Å². The van der Waals surface area contributed by atoms with Crippen molar-refractivity contribution in [2.24, 2.45) is 5.41 Å². The Hall–Kier alpha value is -2.17. The molecule has 2 aliphatic rings. The van der Waals surface area contributed by atoms with Crippen molar-refractivity contribution in [3.05, 3.63) is 34.9 Å². The van der Waals surface area contributed by atoms with E-state index in [1.807, 2.05) is 0 Å². The molecule has 0 saturated heterocycles. The van der Waals surface area contributed by atoms with Crippen molar-refractivity contribution >= 4 is 17.8 Å². The molecule has 1 N–H and O–H groups in total. The van der Waals surface area contributed by atoms with E-state index in [0.717, 1.165) is 19.3 Å². The monoisotopic (exact) mass is 287 g/mol. The predicted molar refractivity (Wildman–Crippen MR) is 75.3 cm³/mol. The Labute approximate surface area is 122 Å². The quantitative estimate of drug-likeness (QED) is 0.848. The summed E-state index contributed by atoms with van der Waals surface area (Å²) in [5.74, 6) is -1.76. The molecule has 3 rings (SSSR count). The Bertz CT molecular complexity index is 662. The molecule has 1 unspecified atom stereocenters. The number of carbonyl (C=O) groups is 3. The van der Waals surface area contributed by atoms with Crippen molar-refractivity contribution < 1.29 is 19.5 Å². The van der Waals surface area contributed by atoms with E-state index in [1.54, 1.807) is 0 Å². The lowest BCUT2D eigenvalue weighted by Gasteiger charge is -2.23. The fourth-order valence-electron chi connectivity index (χ4n) is 3.34. The number of hydrogen-bond acceptors (Lipinski definition) is 3. The van der Waals surface area contributed by atoms with Gasteiger partial charge in [-0.3, -0.25) is 14.5 Å². The number of rotatable bonds is 2. The number of carboxylic acid groups (broad SMARTS) is 1. The van der Waals surface area contributed by atoms with E-state index in [1.165, 1.54) is 23.1 Å². The maximum atomic E-state index is 12.5. The van der Waals surface area contributed by atoms with Gasteiger partial charge in [0.15, 0.2) is 0 Å². The highest BCUT2D eigenvalue weighted by Crippen LogP contribution is 2.41. The van der Waals surface area contributed by atoms with Crippen molar-refractivity contribution in [3.63, 3.8) is 0 Å². The SMILES string of the molecule is CC1(C)CCC(N2C(=O)c3ccc(C(=O)O)cc3C2=O)C1. The standard InChI is InChI=1S/C16H17NO4/c1-16(2)6-5-10(8-16)17-13(18)11-4-3-9(15(20)21)7-12(11)14(17)19/h3-4,7,10H,5-6,8H2,1-2H3,(H,20,21). The Kier molecular flexibility index (Phi) is 2.90. The summed E-state index contributed by atoms with van der Waals surface area (Å²) in [6.45, 7) is 4.27. The fourth-order valence-corrected chi connectivity index (χ4v) is 3.34. The van der Waals surface area contributed by atoms with Crippen LogP contribution in [0.3, 0.4) is 0 Å². The van der Waals surface area contributed by atoms with Crippen LogP contribution >= 0.6 is 0 Å². The minimum atomic E-state index is -1.10. The van der Waals surface area contributed by atoms with Crippen LogP contribution in [0.5, 0.6) is 0 Å². The van der Waals surface area contributed by atoms with E-state index >= 15 is 0 Å². The van der Waals surface area contributed by atoms with Gasteiger partial charge in [0.25, 0.3) is 11.8 Å². The lowest BCUT2D eigenvalue weighted by Crippen LogP contribution is -2.38. The van der Waals surface area contributed by atoms with Crippen LogP contribution in [0.4, 0.5) is 0 Å². The average molecular weight is 287 g/mol. The molecule has 1 saturated carbocycles. The van der Waals surface area contributed by atoms with E-state index in [0.29, 0.717) is 5.56 Å². The van der Waals surface area contributed by atoms with E-state index in [9.17, 15) is 14.4 Å². The van der Waals surface area contributed by atoms with Gasteiger partial charge in [-0.05, 0) is 42.9 Å². The average Bonchev–Trinajstić information content (AvgIpc) is 2.88. The van der Waals surface area contributed by atoms with Gasteiger partial charge in [-0.15, -0.1) is 0 Å². The van der Waals surface area contributed by atoms with E-state index in [-0.39, 0.29) is 34.4 Å². The smallest absolute Gasteiger partial charge is 0.335 e. The van der Waals surface area contributed by atoms with E-state index < -0.39 is 5.97 Å². The maximum absolute atomic E-state index is 12.5. The highest BCUT2D eigenvalue weighted by molar-refractivity contribution is 6.22. The molecule has 110 valence electrons. The summed E-state index contributed by atoms with van der Waals surface area (Å²) in [6, 6.07) is 4.03. The number of fused-ring (bicyclic) bond motifs is 1. The molecule has 1 atom stereocenters. The number of aromatic carboxylic acids is 1. The predicted octanol–water partition coefficient (Wildman–Crippen LogP) is 2.56. The van der Waals surface area contributed by atoms with Crippen molar-refractivity contribution in [1.82, 2.24) is 4.90 Å². The van der Waals surface area contributed by atoms with Crippen LogP contribution in [-0.4, -0.2) is 33.8 Å². The van der Waals surface area contributed by atoms with Crippen LogP contribution in [0.15, 0.2) is 18.2 Å². The molecule has 0 aromatic heterocycles. The van der Waals surface area contributed by atoms with Gasteiger partial charge < -0.3 is 5.11 Å². The normalized spacial score (nSPS) is 23.5. The van der Waals surface area contributed by atoms with E-state index in [2.05, 4.69) is 13.8 Å². The zero-order chi connectivity index (χ0) is 15.4. The topological polar surface area (TPSA) is 74.7 Å². The molecule has 1 aromatic rings. The molecule has 5 heteroatoms. The van der Waals surface area contributed by atoms with Crippen LogP contribution in [0.1, 0.15) is 64.2 Å². The van der Waals surface area contributed by atoms with Gasteiger partial charge in [0.05, 0.1) is 16.7 Å². The molecule has 1 aliphatic carbocycles. The first-order valence-corrected chi connectivity index (χ1v) is 7.05. The summed E-state index contributed by atoms with van der Waals surface area (Å²) in [5.41, 5.74) is 0.689. The second-order valence-electron chi connectivity index (χ2n) is 6.61. The first kappa shape index (κ1) is 13.8. The van der Waals surface area contributed by atoms with Crippen LogP contribution in [0.25, 0.3) is 0 Å². The molecule has 21 heavy (non-hydrogen) atoms. The minimum Gasteiger partial charge on any atom is -0.478 e. The summed E-state index contributed by atoms with van der Waals surface area (Å²) >= 11 is 0. The molecule has 1 fully saturated rings. The van der Waals surface area contributed by atoms with E-state index in [4.69, 9.17) is 5.11 Å². The lowest BCUT2D eigenvalue weighted by molar-refractivity contribution is 0.0579. The summed E-state index contributed by atoms with van der Waals surface area (Å²) in [6.07, 6.45) is 2.58. The molecule has 0 spiro atoms. The number of hydrogen-bond donors (Lipinski definition) is 1. The van der Waals surface area contributed by atoms with Crippen LogP contribution in [0, 0.1) is 5.41 Å². The van der Waals surface area contributed by atoms with Crippen molar-refractivity contribution in [2.45, 2.75) is 39.2 Å². The number of nitrogens with zero attached hydrogens (tertiary/aromatic N) is 1. The zero-order valence-electron chi connectivity index (χ0n) is 12.0. The number of carboxylic acids is 1. The molecule has 0 radical (unpaired) electrons. The van der Waals surface area contributed by atoms with Gasteiger partial charge in [0, 0.05) is 6.04 Å². The van der Waals surface area contributed by atoms with Crippen molar-refractivity contribution in [1.29, 1.82) is 0 Å². The zero-order valence-corrected chi connectivity index (χ0v) is 12.0. The molecule has 1 heterocycles. The Balaban J connectivity index is 1.96. The van der Waals surface area contributed by atoms with Gasteiger partial charge in [0.1, 0.15) is 0 Å². The molecule has 0 bridgehead atoms. The number of benzene rings is 1. The minimum absolute atomic E-state index is 0.0310. The number of imide groups is 1. The fraction of sp³-hybridized carbons (Fsp3) is 0.438. The molecule has 1 aromatic carbocycles. The van der Waals surface area contributed by atoms with Crippen LogP contribution in [0.2, 0.25) is 0 Å². The largest absolute Gasteiger partial charge is 0.478 e. The molecular weight excluding hydrogens is 270 g/mol. The number of carbonyl (C=O) groups excluding carboxylic acids is 2. The highest BCUT2D eigenvalue weighted by Gasteiger charge is 2.44. The molecular formula is C16H17NO4. The van der Waals surface area contributed by atoms with Crippen molar-refractivity contribution in [3.8, 4) is 0 Å². The molecule has 2 amide bonds. The first-order chi connectivity index (χ1) is 9.80. The lowest BCUT2D eigenvalue weighted by atomic mass is 9.91. The summed E-state index contributed by atoms with van der Waals surface area (Å²) < 4.78 is 0. The molecule has 1 aliphatic heterocycles. The summed E-state index contributed by atoms with van der Waals surface area (Å²) in [5, 5.41) is 9.00. The Morgan fingerprint density at radius 1 is 1.24 bits per heavy atom. The van der Waals surface area contributed by atoms with Crippen LogP contribution in [-0.2, 0) is 0 Å². The highest BCUT2D eigenvalue weighted by atomic mass is 16.4. The maximum Gasteiger partial charge on any atom is 0.335 e. The third kappa shape index (κ3) is 2.13. The van der Waals surface area contributed by atoms with Gasteiger partial charge in [-0.2, -0.15) is 0 Å². The second kappa shape index (κ2) is 4.41. The van der Waals surface area contributed by atoms with Gasteiger partial charge >= 0.3 is 5.97 Å². The first-order valence-electron chi connectivity index (χ1n) is 7.05. The Morgan fingerprint density at radius 2 is 1.90 bits per heavy atom. The van der Waals surface area contributed by atoms with Crippen LogP contribution < -0.4 is 0 Å².